The number of fused-ring (bicyclic) bond motifs is 1. The van der Waals surface area contributed by atoms with Gasteiger partial charge in [-0.15, -0.1) is 0 Å². The third-order valence-electron chi connectivity index (χ3n) is 5.60. The number of carbonyl (C=O) groups is 2. The Morgan fingerprint density at radius 2 is 1.84 bits per heavy atom. The van der Waals surface area contributed by atoms with Crippen LogP contribution in [-0.4, -0.2) is 48.2 Å². The van der Waals surface area contributed by atoms with Gasteiger partial charge in [0.1, 0.15) is 11.6 Å². The Hall–Kier alpha value is -3.06. The van der Waals surface area contributed by atoms with Gasteiger partial charge >= 0.3 is 6.09 Å². The molecule has 2 atom stereocenters. The van der Waals surface area contributed by atoms with Gasteiger partial charge in [0.05, 0.1) is 0 Å². The molecule has 0 spiro atoms. The normalized spacial score (nSPS) is 17.1. The fraction of sp³-hybridized carbons (Fsp3) is 0.440. The van der Waals surface area contributed by atoms with Crippen LogP contribution in [0.5, 0.6) is 0 Å². The van der Waals surface area contributed by atoms with Crippen LogP contribution >= 0.6 is 0 Å². The molecule has 172 valence electrons. The van der Waals surface area contributed by atoms with E-state index >= 15 is 0 Å². The Balaban J connectivity index is 1.66. The van der Waals surface area contributed by atoms with E-state index in [4.69, 9.17) is 4.74 Å². The maximum absolute atomic E-state index is 12.9. The standard InChI is InChI=1S/C25H32N3O4/c1-17(27(5)24(30)32-25(2,3)4)23(29)26-21-14-13-19-11-12-20(15-22(19)28(31)16-21)18-9-7-6-8-10-18/h6-12,15,17,21H,13-14,16H2,1-5H3,(H,26,29)/q-1/t17-,21?/m0/s1. The van der Waals surface area contributed by atoms with Gasteiger partial charge in [-0.1, -0.05) is 42.5 Å². The molecule has 1 unspecified atom stereocenters. The maximum Gasteiger partial charge on any atom is 0.410 e. The quantitative estimate of drug-likeness (QED) is 0.767. The summed E-state index contributed by atoms with van der Waals surface area (Å²) in [5, 5.41) is 16.8. The largest absolute Gasteiger partial charge is 0.758 e. The number of hydrogen-bond donors (Lipinski definition) is 1. The molecular formula is C25H32N3O4-. The van der Waals surface area contributed by atoms with E-state index < -0.39 is 17.7 Å². The van der Waals surface area contributed by atoms with Gasteiger partial charge < -0.3 is 20.3 Å². The van der Waals surface area contributed by atoms with Crippen molar-refractivity contribution < 1.29 is 14.3 Å². The molecule has 0 saturated carbocycles. The van der Waals surface area contributed by atoms with Crippen LogP contribution in [0.1, 0.15) is 39.7 Å². The minimum absolute atomic E-state index is 0.153. The summed E-state index contributed by atoms with van der Waals surface area (Å²) in [7, 11) is 1.53. The summed E-state index contributed by atoms with van der Waals surface area (Å²) in [4.78, 5) is 26.3. The van der Waals surface area contributed by atoms with Crippen LogP contribution in [0.2, 0.25) is 0 Å². The monoisotopic (exact) mass is 438 g/mol. The zero-order valence-electron chi connectivity index (χ0n) is 19.4. The van der Waals surface area contributed by atoms with Crippen LogP contribution in [0.25, 0.3) is 11.1 Å². The summed E-state index contributed by atoms with van der Waals surface area (Å²) >= 11 is 0. The number of likely N-dealkylation sites (N-methyl/N-ethyl adjacent to an activating group) is 1. The number of anilines is 1. The summed E-state index contributed by atoms with van der Waals surface area (Å²) in [5.41, 5.74) is 3.01. The molecule has 0 aromatic heterocycles. The average Bonchev–Trinajstić information content (AvgIpc) is 2.90. The first-order valence-electron chi connectivity index (χ1n) is 10.9. The molecule has 2 aromatic rings. The van der Waals surface area contributed by atoms with E-state index in [2.05, 4.69) is 5.32 Å². The number of benzene rings is 2. The lowest BCUT2D eigenvalue weighted by Gasteiger charge is -2.34. The van der Waals surface area contributed by atoms with Crippen LogP contribution in [-0.2, 0) is 16.0 Å². The number of ether oxygens (including phenoxy) is 1. The first kappa shape index (κ1) is 23.6. The topological polar surface area (TPSA) is 84.9 Å². The van der Waals surface area contributed by atoms with E-state index in [9.17, 15) is 14.8 Å². The van der Waals surface area contributed by atoms with Crippen molar-refractivity contribution in [1.29, 1.82) is 0 Å². The van der Waals surface area contributed by atoms with Gasteiger partial charge in [-0.2, -0.15) is 0 Å². The molecule has 0 radical (unpaired) electrons. The van der Waals surface area contributed by atoms with Crippen molar-refractivity contribution in [1.82, 2.24) is 10.2 Å². The van der Waals surface area contributed by atoms with Crippen molar-refractivity contribution in [3.05, 3.63) is 59.3 Å². The van der Waals surface area contributed by atoms with Gasteiger partial charge in [0.25, 0.3) is 0 Å². The zero-order valence-corrected chi connectivity index (χ0v) is 19.4. The van der Waals surface area contributed by atoms with Gasteiger partial charge in [0.15, 0.2) is 0 Å². The van der Waals surface area contributed by atoms with Crippen molar-refractivity contribution in [2.75, 3.05) is 18.7 Å². The number of hydroxylamine groups is 1. The van der Waals surface area contributed by atoms with Crippen LogP contribution in [0, 0.1) is 5.21 Å². The van der Waals surface area contributed by atoms with E-state index in [0.29, 0.717) is 18.5 Å². The molecule has 0 fully saturated rings. The summed E-state index contributed by atoms with van der Waals surface area (Å²) in [6.45, 7) is 7.13. The molecule has 32 heavy (non-hydrogen) atoms. The van der Waals surface area contributed by atoms with Gasteiger partial charge in [0, 0.05) is 25.3 Å². The van der Waals surface area contributed by atoms with Crippen molar-refractivity contribution in [2.24, 2.45) is 0 Å². The fourth-order valence-corrected chi connectivity index (χ4v) is 3.64. The van der Waals surface area contributed by atoms with Crippen LogP contribution in [0.4, 0.5) is 10.5 Å². The van der Waals surface area contributed by atoms with Crippen LogP contribution in [0.3, 0.4) is 0 Å². The van der Waals surface area contributed by atoms with Crippen molar-refractivity contribution in [2.45, 2.75) is 58.2 Å². The lowest BCUT2D eigenvalue weighted by Crippen LogP contribution is -2.51. The molecule has 7 heteroatoms. The predicted molar refractivity (Wildman–Crippen MR) is 126 cm³/mol. The summed E-state index contributed by atoms with van der Waals surface area (Å²) in [5.74, 6) is -0.312. The van der Waals surface area contributed by atoms with Crippen LogP contribution in [0.15, 0.2) is 48.5 Å². The number of hydrogen-bond acceptors (Lipinski definition) is 5. The minimum atomic E-state index is -0.722. The first-order valence-corrected chi connectivity index (χ1v) is 10.9. The second kappa shape index (κ2) is 9.61. The highest BCUT2D eigenvalue weighted by molar-refractivity contribution is 5.85. The number of rotatable bonds is 4. The smallest absolute Gasteiger partial charge is 0.410 e. The Labute approximate surface area is 189 Å². The third kappa shape index (κ3) is 5.79. The maximum atomic E-state index is 12.9. The molecule has 1 aliphatic rings. The molecule has 3 rings (SSSR count). The minimum Gasteiger partial charge on any atom is -0.758 e. The number of aryl methyl sites for hydroxylation is 1. The van der Waals surface area contributed by atoms with E-state index in [1.54, 1.807) is 27.7 Å². The Kier molecular flexibility index (Phi) is 7.09. The van der Waals surface area contributed by atoms with E-state index in [1.165, 1.54) is 11.9 Å². The molecule has 1 aliphatic heterocycles. The fourth-order valence-electron chi connectivity index (χ4n) is 3.64. The number of amides is 2. The number of nitrogens with one attached hydrogen (secondary N) is 1. The molecule has 7 nitrogen and oxygen atoms in total. The zero-order chi connectivity index (χ0) is 23.5. The van der Waals surface area contributed by atoms with Crippen molar-refractivity contribution in [3.63, 3.8) is 0 Å². The van der Waals surface area contributed by atoms with Gasteiger partial charge in [-0.3, -0.25) is 9.69 Å². The molecule has 0 saturated heterocycles. The Morgan fingerprint density at radius 3 is 2.50 bits per heavy atom. The highest BCUT2D eigenvalue weighted by Crippen LogP contribution is 2.31. The van der Waals surface area contributed by atoms with E-state index in [-0.39, 0.29) is 18.5 Å². The second-order valence-corrected chi connectivity index (χ2v) is 9.28. The van der Waals surface area contributed by atoms with Crippen molar-refractivity contribution in [3.8, 4) is 11.1 Å². The first-order chi connectivity index (χ1) is 15.0. The predicted octanol–water partition coefficient (Wildman–Crippen LogP) is 4.34. The molecule has 2 amide bonds. The number of nitrogens with zero attached hydrogens (tertiary/aromatic N) is 2. The number of carbonyl (C=O) groups excluding carboxylic acids is 2. The molecule has 1 N–H and O–H groups in total. The van der Waals surface area contributed by atoms with Gasteiger partial charge in [-0.05, 0) is 63.3 Å². The average molecular weight is 439 g/mol. The van der Waals surface area contributed by atoms with Crippen LogP contribution < -0.4 is 10.4 Å². The molecule has 0 bridgehead atoms. The van der Waals surface area contributed by atoms with E-state index in [0.717, 1.165) is 21.8 Å². The molecule has 1 heterocycles. The lowest BCUT2D eigenvalue weighted by atomic mass is 10.00. The molecular weight excluding hydrogens is 406 g/mol. The van der Waals surface area contributed by atoms with Crippen molar-refractivity contribution >= 4 is 17.7 Å². The second-order valence-electron chi connectivity index (χ2n) is 9.28. The van der Waals surface area contributed by atoms with Gasteiger partial charge in [-0.25, -0.2) is 4.79 Å². The highest BCUT2D eigenvalue weighted by Gasteiger charge is 2.29. The molecule has 0 aliphatic carbocycles. The highest BCUT2D eigenvalue weighted by atomic mass is 16.6. The van der Waals surface area contributed by atoms with Gasteiger partial charge in [0.2, 0.25) is 5.91 Å². The molecule has 2 aromatic carbocycles. The SMILES string of the molecule is C[C@@H](C(=O)NC1CCc2ccc(-c3ccccc3)cc2N([O-])C1)N(C)C(=O)OC(C)(C)C. The summed E-state index contributed by atoms with van der Waals surface area (Å²) in [6, 6.07) is 14.8. The summed E-state index contributed by atoms with van der Waals surface area (Å²) in [6.07, 6.45) is 0.766. The Morgan fingerprint density at radius 1 is 1.16 bits per heavy atom. The van der Waals surface area contributed by atoms with E-state index in [1.807, 2.05) is 48.5 Å². The summed E-state index contributed by atoms with van der Waals surface area (Å²) < 4.78 is 5.34. The Bertz CT molecular complexity index is 955. The lowest BCUT2D eigenvalue weighted by molar-refractivity contribution is -0.126. The third-order valence-corrected chi connectivity index (χ3v) is 5.60.